The Labute approximate surface area is 167 Å². The third-order valence-corrected chi connectivity index (χ3v) is 6.79. The number of anilines is 1. The highest BCUT2D eigenvalue weighted by molar-refractivity contribution is 7.89. The number of carbonyl (C=O) groups is 1. The highest BCUT2D eigenvalue weighted by Gasteiger charge is 2.39. The average Bonchev–Trinajstić information content (AvgIpc) is 3.14. The highest BCUT2D eigenvalue weighted by Crippen LogP contribution is 2.30. The summed E-state index contributed by atoms with van der Waals surface area (Å²) in [6.45, 7) is 2.09. The van der Waals surface area contributed by atoms with Crippen LogP contribution in [0.3, 0.4) is 0 Å². The van der Waals surface area contributed by atoms with E-state index in [1.807, 2.05) is 6.92 Å². The molecule has 1 aliphatic heterocycles. The van der Waals surface area contributed by atoms with Crippen molar-refractivity contribution in [2.75, 3.05) is 11.9 Å². The molecule has 0 spiro atoms. The number of carbonyl (C=O) groups excluding carboxylic acids is 1. The van der Waals surface area contributed by atoms with Gasteiger partial charge in [0.05, 0.1) is 9.82 Å². The zero-order valence-electron chi connectivity index (χ0n) is 15.0. The van der Waals surface area contributed by atoms with Crippen molar-refractivity contribution in [2.45, 2.75) is 30.7 Å². The standard InChI is InChI=1S/C18H18ClN3O5S/c1-12-4-7-14(8-5-12)28(26,27)21-10-2-3-16(21)18(23)20-13-6-9-15(19)17(11-13)22(24)25/h4-9,11,16H,2-3,10H2,1H3,(H,20,23). The summed E-state index contributed by atoms with van der Waals surface area (Å²) in [6, 6.07) is 9.43. The summed E-state index contributed by atoms with van der Waals surface area (Å²) < 4.78 is 27.1. The summed E-state index contributed by atoms with van der Waals surface area (Å²) in [5, 5.41) is 13.5. The van der Waals surface area contributed by atoms with Crippen LogP contribution in [-0.2, 0) is 14.8 Å². The van der Waals surface area contributed by atoms with Gasteiger partial charge < -0.3 is 5.32 Å². The van der Waals surface area contributed by atoms with Crippen molar-refractivity contribution in [1.29, 1.82) is 0 Å². The van der Waals surface area contributed by atoms with Crippen LogP contribution in [0.5, 0.6) is 0 Å². The number of amides is 1. The first-order chi connectivity index (χ1) is 13.2. The predicted octanol–water partition coefficient (Wildman–Crippen LogP) is 3.35. The molecule has 3 rings (SSSR count). The van der Waals surface area contributed by atoms with Gasteiger partial charge in [0.2, 0.25) is 15.9 Å². The SMILES string of the molecule is Cc1ccc(S(=O)(=O)N2CCCC2C(=O)Nc2ccc(Cl)c([N+](=O)[O-])c2)cc1. The van der Waals surface area contributed by atoms with Gasteiger partial charge in [-0.15, -0.1) is 0 Å². The average molecular weight is 424 g/mol. The van der Waals surface area contributed by atoms with Gasteiger partial charge in [-0.05, 0) is 44.0 Å². The summed E-state index contributed by atoms with van der Waals surface area (Å²) >= 11 is 5.77. The quantitative estimate of drug-likeness (QED) is 0.585. The Hall–Kier alpha value is -2.49. The lowest BCUT2D eigenvalue weighted by Gasteiger charge is -2.23. The number of aryl methyl sites for hydroxylation is 1. The fourth-order valence-corrected chi connectivity index (χ4v) is 4.93. The molecule has 1 N–H and O–H groups in total. The third-order valence-electron chi connectivity index (χ3n) is 4.54. The summed E-state index contributed by atoms with van der Waals surface area (Å²) in [4.78, 5) is 23.2. The van der Waals surface area contributed by atoms with Crippen LogP contribution >= 0.6 is 11.6 Å². The maximum atomic E-state index is 12.9. The second-order valence-electron chi connectivity index (χ2n) is 6.50. The molecule has 1 heterocycles. The van der Waals surface area contributed by atoms with E-state index in [9.17, 15) is 23.3 Å². The number of hydrogen-bond donors (Lipinski definition) is 1. The van der Waals surface area contributed by atoms with Crippen LogP contribution in [0.4, 0.5) is 11.4 Å². The lowest BCUT2D eigenvalue weighted by atomic mass is 10.2. The molecule has 1 aliphatic rings. The van der Waals surface area contributed by atoms with Gasteiger partial charge in [-0.1, -0.05) is 29.3 Å². The first kappa shape index (κ1) is 20.2. The number of halogens is 1. The van der Waals surface area contributed by atoms with Gasteiger partial charge >= 0.3 is 0 Å². The molecular weight excluding hydrogens is 406 g/mol. The molecule has 0 saturated carbocycles. The summed E-state index contributed by atoms with van der Waals surface area (Å²) in [7, 11) is -3.83. The molecule has 0 radical (unpaired) electrons. The fraction of sp³-hybridized carbons (Fsp3) is 0.278. The van der Waals surface area contributed by atoms with E-state index >= 15 is 0 Å². The number of sulfonamides is 1. The number of nitrogens with zero attached hydrogens (tertiary/aromatic N) is 2. The predicted molar refractivity (Wildman–Crippen MR) is 105 cm³/mol. The summed E-state index contributed by atoms with van der Waals surface area (Å²) in [5.41, 5.74) is 0.773. The first-order valence-electron chi connectivity index (χ1n) is 8.53. The van der Waals surface area contributed by atoms with Gasteiger partial charge in [0.15, 0.2) is 0 Å². The third kappa shape index (κ3) is 4.01. The minimum Gasteiger partial charge on any atom is -0.324 e. The van der Waals surface area contributed by atoms with Crippen LogP contribution in [0.2, 0.25) is 5.02 Å². The molecule has 1 saturated heterocycles. The van der Waals surface area contributed by atoms with E-state index < -0.39 is 26.9 Å². The van der Waals surface area contributed by atoms with Gasteiger partial charge in [-0.25, -0.2) is 8.42 Å². The molecule has 2 aromatic rings. The molecule has 0 bridgehead atoms. The van der Waals surface area contributed by atoms with E-state index in [0.29, 0.717) is 12.8 Å². The van der Waals surface area contributed by atoms with Crippen LogP contribution in [0.25, 0.3) is 0 Å². The smallest absolute Gasteiger partial charge is 0.289 e. The van der Waals surface area contributed by atoms with Gasteiger partial charge in [-0.2, -0.15) is 4.31 Å². The summed E-state index contributed by atoms with van der Waals surface area (Å²) in [6.07, 6.45) is 0.913. The molecular formula is C18H18ClN3O5S. The Kier molecular flexibility index (Phi) is 5.69. The molecule has 0 aliphatic carbocycles. The van der Waals surface area contributed by atoms with Crippen LogP contribution < -0.4 is 5.32 Å². The molecule has 0 aromatic heterocycles. The zero-order chi connectivity index (χ0) is 20.5. The Bertz CT molecular complexity index is 1020. The first-order valence-corrected chi connectivity index (χ1v) is 10.4. The van der Waals surface area contributed by atoms with Gasteiger partial charge in [0.1, 0.15) is 11.1 Å². The molecule has 1 unspecified atom stereocenters. The molecule has 2 aromatic carbocycles. The number of nitro benzene ring substituents is 1. The van der Waals surface area contributed by atoms with Crippen LogP contribution in [0.15, 0.2) is 47.4 Å². The van der Waals surface area contributed by atoms with Crippen molar-refractivity contribution in [2.24, 2.45) is 0 Å². The molecule has 28 heavy (non-hydrogen) atoms. The van der Waals surface area contributed by atoms with Crippen LogP contribution in [0, 0.1) is 17.0 Å². The van der Waals surface area contributed by atoms with Crippen molar-refractivity contribution < 1.29 is 18.1 Å². The maximum Gasteiger partial charge on any atom is 0.289 e. The lowest BCUT2D eigenvalue weighted by molar-refractivity contribution is -0.384. The molecule has 148 valence electrons. The van der Waals surface area contributed by atoms with Crippen molar-refractivity contribution in [3.8, 4) is 0 Å². The molecule has 10 heteroatoms. The van der Waals surface area contributed by atoms with Gasteiger partial charge in [0.25, 0.3) is 5.69 Å². The van der Waals surface area contributed by atoms with Gasteiger partial charge in [-0.3, -0.25) is 14.9 Å². The van der Waals surface area contributed by atoms with E-state index in [1.54, 1.807) is 12.1 Å². The monoisotopic (exact) mass is 423 g/mol. The lowest BCUT2D eigenvalue weighted by Crippen LogP contribution is -2.43. The van der Waals surface area contributed by atoms with Crippen LogP contribution in [-0.4, -0.2) is 36.1 Å². The van der Waals surface area contributed by atoms with Crippen LogP contribution in [0.1, 0.15) is 18.4 Å². The number of hydrogen-bond acceptors (Lipinski definition) is 5. The summed E-state index contributed by atoms with van der Waals surface area (Å²) in [5.74, 6) is -0.537. The van der Waals surface area contributed by atoms with E-state index in [-0.39, 0.29) is 27.8 Å². The van der Waals surface area contributed by atoms with Crippen molar-refractivity contribution >= 4 is 38.9 Å². The topological polar surface area (TPSA) is 110 Å². The Morgan fingerprint density at radius 3 is 2.57 bits per heavy atom. The second-order valence-corrected chi connectivity index (χ2v) is 8.80. The number of rotatable bonds is 5. The zero-order valence-corrected chi connectivity index (χ0v) is 16.5. The van der Waals surface area contributed by atoms with E-state index in [4.69, 9.17) is 11.6 Å². The maximum absolute atomic E-state index is 12.9. The van der Waals surface area contributed by atoms with E-state index in [1.165, 1.54) is 28.6 Å². The molecule has 1 atom stereocenters. The van der Waals surface area contributed by atoms with Crippen molar-refractivity contribution in [1.82, 2.24) is 4.31 Å². The number of nitrogens with one attached hydrogen (secondary N) is 1. The van der Waals surface area contributed by atoms with E-state index in [2.05, 4.69) is 5.32 Å². The van der Waals surface area contributed by atoms with Gasteiger partial charge in [0, 0.05) is 18.3 Å². The Balaban J connectivity index is 1.83. The molecule has 1 fully saturated rings. The molecule has 1 amide bonds. The Morgan fingerprint density at radius 1 is 1.25 bits per heavy atom. The largest absolute Gasteiger partial charge is 0.324 e. The van der Waals surface area contributed by atoms with E-state index in [0.717, 1.165) is 11.6 Å². The minimum atomic E-state index is -3.83. The van der Waals surface area contributed by atoms with Crippen molar-refractivity contribution in [3.05, 3.63) is 63.2 Å². The Morgan fingerprint density at radius 2 is 1.93 bits per heavy atom. The minimum absolute atomic E-state index is 0.0487. The normalized spacial score (nSPS) is 17.4. The molecule has 8 nitrogen and oxygen atoms in total. The van der Waals surface area contributed by atoms with Crippen molar-refractivity contribution in [3.63, 3.8) is 0 Å². The second kappa shape index (κ2) is 7.86. The fourth-order valence-electron chi connectivity index (χ4n) is 3.09. The number of benzene rings is 2. The highest BCUT2D eigenvalue weighted by atomic mass is 35.5. The number of nitro groups is 1.